The molecule has 0 aromatic carbocycles. The molecule has 7 atom stereocenters. The number of aliphatic hydroxyl groups is 1. The van der Waals surface area contributed by atoms with Crippen molar-refractivity contribution in [3.8, 4) is 0 Å². The summed E-state index contributed by atoms with van der Waals surface area (Å²) in [4.78, 5) is 24.1. The van der Waals surface area contributed by atoms with E-state index in [1.54, 1.807) is 13.0 Å². The topological polar surface area (TPSA) is 54.4 Å². The number of hydrogen-bond donors (Lipinski definition) is 1. The molecular formula is C21H30O3. The monoisotopic (exact) mass is 330 g/mol. The van der Waals surface area contributed by atoms with Crippen molar-refractivity contribution in [2.75, 3.05) is 0 Å². The van der Waals surface area contributed by atoms with Crippen molar-refractivity contribution in [2.45, 2.75) is 71.8 Å². The first kappa shape index (κ1) is 16.5. The first-order chi connectivity index (χ1) is 11.3. The van der Waals surface area contributed by atoms with Crippen LogP contribution in [-0.4, -0.2) is 22.8 Å². The average Bonchev–Trinajstić information content (AvgIpc) is 2.87. The fourth-order valence-corrected chi connectivity index (χ4v) is 7.27. The first-order valence-corrected chi connectivity index (χ1v) is 9.71. The number of hydrogen-bond acceptors (Lipinski definition) is 3. The van der Waals surface area contributed by atoms with Gasteiger partial charge in [0.15, 0.2) is 5.78 Å². The number of carbonyl (C=O) groups is 2. The summed E-state index contributed by atoms with van der Waals surface area (Å²) in [5.74, 6) is 2.35. The van der Waals surface area contributed by atoms with Crippen LogP contribution >= 0.6 is 0 Å². The minimum absolute atomic E-state index is 0.0219. The highest BCUT2D eigenvalue weighted by molar-refractivity contribution is 5.91. The second-order valence-electron chi connectivity index (χ2n) is 9.40. The molecule has 0 amide bonds. The molecule has 3 nitrogen and oxygen atoms in total. The minimum Gasteiger partial charge on any atom is -0.389 e. The largest absolute Gasteiger partial charge is 0.389 e. The van der Waals surface area contributed by atoms with E-state index in [1.807, 2.05) is 0 Å². The van der Waals surface area contributed by atoms with Crippen molar-refractivity contribution >= 4 is 11.6 Å². The Balaban J connectivity index is 1.71. The highest BCUT2D eigenvalue weighted by atomic mass is 16.3. The Morgan fingerprint density at radius 1 is 1.17 bits per heavy atom. The molecule has 3 saturated carbocycles. The van der Waals surface area contributed by atoms with Crippen LogP contribution in [0.4, 0.5) is 0 Å². The second-order valence-corrected chi connectivity index (χ2v) is 9.40. The highest BCUT2D eigenvalue weighted by Gasteiger charge is 2.61. The molecule has 3 heteroatoms. The number of Topliss-reactive ketones (excluding diaryl/α,β-unsaturated/α-hetero) is 1. The third-order valence-corrected chi connectivity index (χ3v) is 8.47. The van der Waals surface area contributed by atoms with Crippen LogP contribution in [0.5, 0.6) is 0 Å². The van der Waals surface area contributed by atoms with E-state index >= 15 is 0 Å². The Bertz CT molecular complexity index is 621. The summed E-state index contributed by atoms with van der Waals surface area (Å²) in [6.07, 6.45) is 7.97. The lowest BCUT2D eigenvalue weighted by Gasteiger charge is -2.59. The van der Waals surface area contributed by atoms with Gasteiger partial charge in [-0.15, -0.1) is 0 Å². The van der Waals surface area contributed by atoms with E-state index in [9.17, 15) is 14.7 Å². The van der Waals surface area contributed by atoms with Gasteiger partial charge < -0.3 is 5.11 Å². The zero-order valence-electron chi connectivity index (χ0n) is 15.2. The van der Waals surface area contributed by atoms with E-state index in [1.165, 1.54) is 0 Å². The molecule has 4 aliphatic carbocycles. The summed E-state index contributed by atoms with van der Waals surface area (Å²) < 4.78 is 0. The first-order valence-electron chi connectivity index (χ1n) is 9.71. The minimum atomic E-state index is -0.473. The van der Waals surface area contributed by atoms with Gasteiger partial charge in [-0.05, 0) is 85.7 Å². The molecule has 1 N–H and O–H groups in total. The molecule has 0 aliphatic heterocycles. The van der Waals surface area contributed by atoms with Crippen molar-refractivity contribution in [3.05, 3.63) is 11.6 Å². The van der Waals surface area contributed by atoms with Gasteiger partial charge in [0.05, 0.1) is 6.10 Å². The van der Waals surface area contributed by atoms with E-state index in [-0.39, 0.29) is 22.5 Å². The molecule has 0 aromatic rings. The summed E-state index contributed by atoms with van der Waals surface area (Å²) in [6.45, 7) is 6.37. The highest BCUT2D eigenvalue weighted by Crippen LogP contribution is 2.66. The molecule has 0 saturated heterocycles. The standard InChI is InChI=1S/C21H30O3/c1-12(22)15-4-5-16-14-11-19(24)18-10-13(23)6-8-21(18,3)17(14)7-9-20(15,16)2/h10,14-17,19,24H,4-9,11H2,1-3H3/t14-,15+,16-,17-,19+,20+,21-/m1/s1. The van der Waals surface area contributed by atoms with Crippen LogP contribution in [0, 0.1) is 34.5 Å². The van der Waals surface area contributed by atoms with Crippen molar-refractivity contribution in [1.29, 1.82) is 0 Å². The van der Waals surface area contributed by atoms with E-state index in [0.29, 0.717) is 30.0 Å². The maximum Gasteiger partial charge on any atom is 0.155 e. The van der Waals surface area contributed by atoms with Gasteiger partial charge in [0, 0.05) is 12.3 Å². The van der Waals surface area contributed by atoms with Crippen LogP contribution in [0.2, 0.25) is 0 Å². The molecule has 0 heterocycles. The molecule has 0 bridgehead atoms. The number of fused-ring (bicyclic) bond motifs is 5. The molecule has 0 spiro atoms. The lowest BCUT2D eigenvalue weighted by Crippen LogP contribution is -2.54. The molecule has 4 rings (SSSR count). The Morgan fingerprint density at radius 3 is 2.62 bits per heavy atom. The normalized spacial score (nSPS) is 50.6. The van der Waals surface area contributed by atoms with Gasteiger partial charge in [0.1, 0.15) is 5.78 Å². The molecule has 24 heavy (non-hydrogen) atoms. The van der Waals surface area contributed by atoms with Gasteiger partial charge in [-0.25, -0.2) is 0 Å². The summed E-state index contributed by atoms with van der Waals surface area (Å²) in [5.41, 5.74) is 1.10. The molecule has 3 fully saturated rings. The Labute approximate surface area is 144 Å². The lowest BCUT2D eigenvalue weighted by molar-refractivity contribution is -0.130. The SMILES string of the molecule is CC(=O)[C@@H]1CC[C@@H]2[C@H]3C[C@H](O)C4=CC(=O)CC[C@]4(C)[C@@H]3CC[C@]21C. The van der Waals surface area contributed by atoms with Crippen LogP contribution in [0.15, 0.2) is 11.6 Å². The predicted octanol–water partition coefficient (Wildman–Crippen LogP) is 3.69. The maximum atomic E-state index is 12.2. The average molecular weight is 330 g/mol. The maximum absolute atomic E-state index is 12.2. The van der Waals surface area contributed by atoms with Crippen molar-refractivity contribution in [2.24, 2.45) is 34.5 Å². The van der Waals surface area contributed by atoms with Gasteiger partial charge in [-0.2, -0.15) is 0 Å². The fraction of sp³-hybridized carbons (Fsp3) is 0.810. The summed E-state index contributed by atoms with van der Waals surface area (Å²) in [5, 5.41) is 10.8. The number of rotatable bonds is 1. The van der Waals surface area contributed by atoms with Crippen LogP contribution in [0.1, 0.15) is 65.7 Å². The van der Waals surface area contributed by atoms with Gasteiger partial charge in [-0.1, -0.05) is 13.8 Å². The molecule has 132 valence electrons. The quantitative estimate of drug-likeness (QED) is 0.797. The second kappa shape index (κ2) is 5.27. The number of aliphatic hydroxyl groups excluding tert-OH is 1. The Hall–Kier alpha value is -0.960. The van der Waals surface area contributed by atoms with E-state index in [4.69, 9.17) is 0 Å². The van der Waals surface area contributed by atoms with Gasteiger partial charge >= 0.3 is 0 Å². The van der Waals surface area contributed by atoms with Gasteiger partial charge in [0.25, 0.3) is 0 Å². The van der Waals surface area contributed by atoms with Crippen molar-refractivity contribution in [3.63, 3.8) is 0 Å². The van der Waals surface area contributed by atoms with Crippen LogP contribution in [0.3, 0.4) is 0 Å². The molecule has 0 radical (unpaired) electrons. The third-order valence-electron chi connectivity index (χ3n) is 8.47. The summed E-state index contributed by atoms with van der Waals surface area (Å²) >= 11 is 0. The van der Waals surface area contributed by atoms with E-state index in [2.05, 4.69) is 13.8 Å². The Morgan fingerprint density at radius 2 is 1.92 bits per heavy atom. The van der Waals surface area contributed by atoms with Crippen LogP contribution in [-0.2, 0) is 9.59 Å². The van der Waals surface area contributed by atoms with Crippen LogP contribution in [0.25, 0.3) is 0 Å². The van der Waals surface area contributed by atoms with Crippen molar-refractivity contribution < 1.29 is 14.7 Å². The van der Waals surface area contributed by atoms with E-state index < -0.39 is 6.10 Å². The lowest BCUT2D eigenvalue weighted by atomic mass is 9.46. The molecule has 0 unspecified atom stereocenters. The summed E-state index contributed by atoms with van der Waals surface area (Å²) in [7, 11) is 0. The third kappa shape index (κ3) is 2.06. The zero-order chi connectivity index (χ0) is 17.3. The van der Waals surface area contributed by atoms with Crippen LogP contribution < -0.4 is 0 Å². The van der Waals surface area contributed by atoms with Crippen molar-refractivity contribution in [1.82, 2.24) is 0 Å². The fourth-order valence-electron chi connectivity index (χ4n) is 7.27. The molecular weight excluding hydrogens is 300 g/mol. The number of ketones is 2. The smallest absolute Gasteiger partial charge is 0.155 e. The van der Waals surface area contributed by atoms with Gasteiger partial charge in [0.2, 0.25) is 0 Å². The van der Waals surface area contributed by atoms with E-state index in [0.717, 1.165) is 44.1 Å². The predicted molar refractivity (Wildman–Crippen MR) is 92.3 cm³/mol. The van der Waals surface area contributed by atoms with Gasteiger partial charge in [-0.3, -0.25) is 9.59 Å². The zero-order valence-corrected chi connectivity index (χ0v) is 15.2. The molecule has 4 aliphatic rings. The Kier molecular flexibility index (Phi) is 3.62. The summed E-state index contributed by atoms with van der Waals surface area (Å²) in [6, 6.07) is 0. The number of carbonyl (C=O) groups excluding carboxylic acids is 2. The molecule has 0 aromatic heterocycles.